The van der Waals surface area contributed by atoms with Crippen LogP contribution < -0.4 is 10.6 Å². The normalized spacial score (nSPS) is 22.9. The second-order valence-corrected chi connectivity index (χ2v) is 5.92. The first-order chi connectivity index (χ1) is 9.49. The molecule has 0 aromatic carbocycles. The maximum Gasteiger partial charge on any atom is 0.254 e. The van der Waals surface area contributed by atoms with Crippen molar-refractivity contribution in [1.29, 1.82) is 0 Å². The molecular formula is C15H24N4O. The molecule has 1 fully saturated rings. The van der Waals surface area contributed by atoms with Crippen molar-refractivity contribution in [2.24, 2.45) is 5.92 Å². The highest BCUT2D eigenvalue weighted by Crippen LogP contribution is 2.18. The molecule has 2 atom stereocenters. The van der Waals surface area contributed by atoms with Crippen LogP contribution >= 0.6 is 0 Å². The van der Waals surface area contributed by atoms with Gasteiger partial charge in [-0.05, 0) is 38.3 Å². The Morgan fingerprint density at radius 3 is 2.90 bits per heavy atom. The van der Waals surface area contributed by atoms with Gasteiger partial charge in [-0.3, -0.25) is 4.79 Å². The van der Waals surface area contributed by atoms with Crippen molar-refractivity contribution in [2.45, 2.75) is 46.1 Å². The standard InChI is InChI=1S/C15H24N4O/c1-9(2)14-12(8-17-11(4)18-14)15(20)19-13-5-6-16-7-10(13)3/h8-10,13,16H,5-7H2,1-4H3,(H,19,20). The Morgan fingerprint density at radius 2 is 2.25 bits per heavy atom. The molecule has 1 saturated heterocycles. The fourth-order valence-corrected chi connectivity index (χ4v) is 2.58. The van der Waals surface area contributed by atoms with E-state index in [0.29, 0.717) is 17.3 Å². The molecule has 1 aliphatic heterocycles. The van der Waals surface area contributed by atoms with Gasteiger partial charge in [0.2, 0.25) is 0 Å². The number of hydrogen-bond donors (Lipinski definition) is 2. The fourth-order valence-electron chi connectivity index (χ4n) is 2.58. The summed E-state index contributed by atoms with van der Waals surface area (Å²) in [4.78, 5) is 21.1. The van der Waals surface area contributed by atoms with Crippen LogP contribution in [0.3, 0.4) is 0 Å². The van der Waals surface area contributed by atoms with Crippen molar-refractivity contribution in [3.63, 3.8) is 0 Å². The molecule has 5 nitrogen and oxygen atoms in total. The molecule has 0 radical (unpaired) electrons. The number of amides is 1. The molecule has 2 rings (SSSR count). The second kappa shape index (κ2) is 6.31. The molecule has 2 unspecified atom stereocenters. The van der Waals surface area contributed by atoms with Crippen LogP contribution in [0.15, 0.2) is 6.20 Å². The van der Waals surface area contributed by atoms with Crippen molar-refractivity contribution < 1.29 is 4.79 Å². The number of carbonyl (C=O) groups is 1. The maximum atomic E-state index is 12.5. The number of nitrogens with zero attached hydrogens (tertiary/aromatic N) is 2. The highest BCUT2D eigenvalue weighted by Gasteiger charge is 2.25. The summed E-state index contributed by atoms with van der Waals surface area (Å²) < 4.78 is 0. The van der Waals surface area contributed by atoms with Gasteiger partial charge >= 0.3 is 0 Å². The fraction of sp³-hybridized carbons (Fsp3) is 0.667. The predicted octanol–water partition coefficient (Wildman–Crippen LogP) is 1.64. The Hall–Kier alpha value is -1.49. The van der Waals surface area contributed by atoms with Gasteiger partial charge in [0.25, 0.3) is 5.91 Å². The van der Waals surface area contributed by atoms with E-state index in [2.05, 4.69) is 27.5 Å². The molecule has 2 heterocycles. The van der Waals surface area contributed by atoms with E-state index in [4.69, 9.17) is 0 Å². The molecule has 1 amide bonds. The van der Waals surface area contributed by atoms with Gasteiger partial charge < -0.3 is 10.6 Å². The van der Waals surface area contributed by atoms with E-state index in [0.717, 1.165) is 25.2 Å². The molecule has 110 valence electrons. The molecule has 2 N–H and O–H groups in total. The van der Waals surface area contributed by atoms with E-state index >= 15 is 0 Å². The van der Waals surface area contributed by atoms with Gasteiger partial charge in [-0.2, -0.15) is 0 Å². The minimum absolute atomic E-state index is 0.0487. The summed E-state index contributed by atoms with van der Waals surface area (Å²) in [5, 5.41) is 6.48. The van der Waals surface area contributed by atoms with E-state index in [9.17, 15) is 4.79 Å². The average Bonchev–Trinajstić information content (AvgIpc) is 2.41. The van der Waals surface area contributed by atoms with Gasteiger partial charge in [0, 0.05) is 12.2 Å². The molecule has 0 bridgehead atoms. The van der Waals surface area contributed by atoms with Crippen LogP contribution in [0.1, 0.15) is 55.0 Å². The molecule has 5 heteroatoms. The third-order valence-electron chi connectivity index (χ3n) is 3.83. The van der Waals surface area contributed by atoms with Crippen LogP contribution in [0.4, 0.5) is 0 Å². The monoisotopic (exact) mass is 276 g/mol. The topological polar surface area (TPSA) is 66.9 Å². The number of aryl methyl sites for hydroxylation is 1. The van der Waals surface area contributed by atoms with E-state index in [1.54, 1.807) is 6.20 Å². The summed E-state index contributed by atoms with van der Waals surface area (Å²) >= 11 is 0. The average molecular weight is 276 g/mol. The first kappa shape index (κ1) is 14.9. The zero-order valence-electron chi connectivity index (χ0n) is 12.7. The minimum atomic E-state index is -0.0487. The molecule has 1 aromatic rings. The molecule has 0 spiro atoms. The van der Waals surface area contributed by atoms with Gasteiger partial charge in [-0.25, -0.2) is 9.97 Å². The zero-order valence-corrected chi connectivity index (χ0v) is 12.7. The summed E-state index contributed by atoms with van der Waals surface area (Å²) in [7, 11) is 0. The maximum absolute atomic E-state index is 12.5. The summed E-state index contributed by atoms with van der Waals surface area (Å²) in [6.07, 6.45) is 2.62. The summed E-state index contributed by atoms with van der Waals surface area (Å²) in [6.45, 7) is 10.0. The predicted molar refractivity (Wildman–Crippen MR) is 78.8 cm³/mol. The lowest BCUT2D eigenvalue weighted by molar-refractivity contribution is 0.0912. The van der Waals surface area contributed by atoms with Crippen LogP contribution in [0, 0.1) is 12.8 Å². The van der Waals surface area contributed by atoms with Gasteiger partial charge in [0.05, 0.1) is 11.3 Å². The second-order valence-electron chi connectivity index (χ2n) is 5.92. The van der Waals surface area contributed by atoms with Crippen LogP contribution in [0.25, 0.3) is 0 Å². The van der Waals surface area contributed by atoms with Crippen molar-refractivity contribution in [1.82, 2.24) is 20.6 Å². The third-order valence-corrected chi connectivity index (χ3v) is 3.83. The summed E-state index contributed by atoms with van der Waals surface area (Å²) in [6, 6.07) is 0.227. The molecule has 0 aliphatic carbocycles. The SMILES string of the molecule is Cc1ncc(C(=O)NC2CCNCC2C)c(C(C)C)n1. The van der Waals surface area contributed by atoms with E-state index in [-0.39, 0.29) is 17.9 Å². The van der Waals surface area contributed by atoms with Crippen molar-refractivity contribution in [3.8, 4) is 0 Å². The number of rotatable bonds is 3. The molecule has 20 heavy (non-hydrogen) atoms. The Kier molecular flexibility index (Phi) is 4.70. The van der Waals surface area contributed by atoms with Crippen molar-refractivity contribution >= 4 is 5.91 Å². The van der Waals surface area contributed by atoms with Crippen LogP contribution in [0.2, 0.25) is 0 Å². The van der Waals surface area contributed by atoms with E-state index in [1.165, 1.54) is 0 Å². The van der Waals surface area contributed by atoms with Gasteiger partial charge in [0.1, 0.15) is 5.82 Å². The van der Waals surface area contributed by atoms with Gasteiger partial charge in [0.15, 0.2) is 0 Å². The smallest absolute Gasteiger partial charge is 0.254 e. The first-order valence-electron chi connectivity index (χ1n) is 7.34. The Balaban J connectivity index is 2.16. The largest absolute Gasteiger partial charge is 0.349 e. The minimum Gasteiger partial charge on any atom is -0.349 e. The molecule has 0 saturated carbocycles. The van der Waals surface area contributed by atoms with Gasteiger partial charge in [-0.15, -0.1) is 0 Å². The lowest BCUT2D eigenvalue weighted by Crippen LogP contribution is -2.48. The van der Waals surface area contributed by atoms with Crippen LogP contribution in [-0.4, -0.2) is 35.0 Å². The quantitative estimate of drug-likeness (QED) is 0.880. The van der Waals surface area contributed by atoms with E-state index < -0.39 is 0 Å². The summed E-state index contributed by atoms with van der Waals surface area (Å²) in [5.41, 5.74) is 1.44. The zero-order chi connectivity index (χ0) is 14.7. The molecule has 1 aromatic heterocycles. The van der Waals surface area contributed by atoms with Crippen LogP contribution in [0.5, 0.6) is 0 Å². The third kappa shape index (κ3) is 3.33. The highest BCUT2D eigenvalue weighted by molar-refractivity contribution is 5.95. The lowest BCUT2D eigenvalue weighted by Gasteiger charge is -2.30. The number of piperidine rings is 1. The van der Waals surface area contributed by atoms with Crippen LogP contribution in [-0.2, 0) is 0 Å². The Labute approximate surface area is 120 Å². The van der Waals surface area contributed by atoms with Gasteiger partial charge in [-0.1, -0.05) is 20.8 Å². The Bertz CT molecular complexity index is 487. The number of aromatic nitrogens is 2. The number of hydrogen-bond acceptors (Lipinski definition) is 4. The number of carbonyl (C=O) groups excluding carboxylic acids is 1. The highest BCUT2D eigenvalue weighted by atomic mass is 16.1. The lowest BCUT2D eigenvalue weighted by atomic mass is 9.94. The summed E-state index contributed by atoms with van der Waals surface area (Å²) in [5.74, 6) is 1.32. The van der Waals surface area contributed by atoms with Crippen molar-refractivity contribution in [2.75, 3.05) is 13.1 Å². The van der Waals surface area contributed by atoms with Crippen molar-refractivity contribution in [3.05, 3.63) is 23.3 Å². The first-order valence-corrected chi connectivity index (χ1v) is 7.34. The molecule has 1 aliphatic rings. The van der Waals surface area contributed by atoms with E-state index in [1.807, 2.05) is 20.8 Å². The number of nitrogens with one attached hydrogen (secondary N) is 2. The Morgan fingerprint density at radius 1 is 1.50 bits per heavy atom. The molecular weight excluding hydrogens is 252 g/mol.